The van der Waals surface area contributed by atoms with Gasteiger partial charge in [0.2, 0.25) is 0 Å². The topological polar surface area (TPSA) is 69.0 Å². The highest BCUT2D eigenvalue weighted by atomic mass is 32.1. The van der Waals surface area contributed by atoms with Crippen LogP contribution in [0.3, 0.4) is 0 Å². The van der Waals surface area contributed by atoms with Gasteiger partial charge in [0.05, 0.1) is 22.8 Å². The zero-order chi connectivity index (χ0) is 24.0. The van der Waals surface area contributed by atoms with Gasteiger partial charge in [-0.1, -0.05) is 0 Å². The number of aromatic nitrogens is 3. The number of fused-ring (bicyclic) bond motifs is 2. The average molecular weight is 482 g/mol. The van der Waals surface area contributed by atoms with Gasteiger partial charge in [0, 0.05) is 29.1 Å². The maximum Gasteiger partial charge on any atom is 0.516 e. The zero-order valence-corrected chi connectivity index (χ0v) is 20.9. The van der Waals surface area contributed by atoms with Gasteiger partial charge in [-0.05, 0) is 71.6 Å². The highest BCUT2D eigenvalue weighted by Crippen LogP contribution is 2.41. The SMILES string of the molecule is C[C@@H]1c2cc(F)sc2CCN1C(=O)c1cc(C2CC2)n2nc(B3OC(C)(C)C(C)(C)O3)cc2n1. The Bertz CT molecular complexity index is 1300. The van der Waals surface area contributed by atoms with Crippen molar-refractivity contribution in [2.24, 2.45) is 0 Å². The Morgan fingerprint density at radius 3 is 2.56 bits per heavy atom. The molecule has 178 valence electrons. The number of amides is 1. The fourth-order valence-electron chi connectivity index (χ4n) is 4.84. The lowest BCUT2D eigenvalue weighted by molar-refractivity contribution is 0.00578. The molecule has 3 aliphatic rings. The summed E-state index contributed by atoms with van der Waals surface area (Å²) < 4.78 is 28.0. The van der Waals surface area contributed by atoms with E-state index in [1.807, 2.05) is 51.3 Å². The molecule has 7 nitrogen and oxygen atoms in total. The van der Waals surface area contributed by atoms with Crippen LogP contribution in [0.25, 0.3) is 5.65 Å². The fraction of sp³-hybridized carbons (Fsp3) is 0.542. The third-order valence-corrected chi connectivity index (χ3v) is 8.75. The van der Waals surface area contributed by atoms with E-state index < -0.39 is 18.3 Å². The Hall–Kier alpha value is -2.30. The molecular formula is C24H28BFN4O3S. The Labute approximate surface area is 202 Å². The zero-order valence-electron chi connectivity index (χ0n) is 20.1. The summed E-state index contributed by atoms with van der Waals surface area (Å²) in [6, 6.07) is 5.11. The maximum absolute atomic E-state index is 13.8. The van der Waals surface area contributed by atoms with E-state index >= 15 is 0 Å². The molecule has 3 aromatic heterocycles. The van der Waals surface area contributed by atoms with Gasteiger partial charge < -0.3 is 14.2 Å². The van der Waals surface area contributed by atoms with Crippen LogP contribution in [-0.4, -0.2) is 50.3 Å². The standard InChI is InChI=1S/C24H28BFN4O3S/c1-13-15-10-20(26)34-18(15)8-9-29(13)22(31)16-11-17(14-6-7-14)30-21(27-16)12-19(28-30)25-32-23(2,3)24(4,5)33-25/h10-14H,6-9H2,1-5H3/t13-/m1/s1. The second kappa shape index (κ2) is 7.35. The van der Waals surface area contributed by atoms with E-state index in [1.165, 1.54) is 11.3 Å². The molecule has 0 N–H and O–H groups in total. The van der Waals surface area contributed by atoms with Gasteiger partial charge in [0.25, 0.3) is 5.91 Å². The van der Waals surface area contributed by atoms with Crippen LogP contribution in [0.5, 0.6) is 0 Å². The van der Waals surface area contributed by atoms with Crippen LogP contribution in [0.2, 0.25) is 0 Å². The van der Waals surface area contributed by atoms with Gasteiger partial charge >= 0.3 is 7.12 Å². The first-order chi connectivity index (χ1) is 16.0. The van der Waals surface area contributed by atoms with Gasteiger partial charge in [-0.3, -0.25) is 4.79 Å². The largest absolute Gasteiger partial charge is 0.516 e. The molecule has 1 atom stereocenters. The van der Waals surface area contributed by atoms with Crippen molar-refractivity contribution >= 4 is 35.6 Å². The van der Waals surface area contributed by atoms with Gasteiger partial charge in [0.15, 0.2) is 10.8 Å². The maximum atomic E-state index is 13.8. The average Bonchev–Trinajstić information content (AvgIpc) is 3.32. The van der Waals surface area contributed by atoms with Crippen molar-refractivity contribution in [1.29, 1.82) is 0 Å². The minimum Gasteiger partial charge on any atom is -0.398 e. The van der Waals surface area contributed by atoms with Gasteiger partial charge in [-0.25, -0.2) is 9.50 Å². The summed E-state index contributed by atoms with van der Waals surface area (Å²) in [6.07, 6.45) is 2.79. The van der Waals surface area contributed by atoms with E-state index in [2.05, 4.69) is 0 Å². The summed E-state index contributed by atoms with van der Waals surface area (Å²) in [5.74, 6) is 0.229. The third kappa shape index (κ3) is 3.41. The normalized spacial score (nSPS) is 23.5. The number of nitrogens with zero attached hydrogens (tertiary/aromatic N) is 4. The lowest BCUT2D eigenvalue weighted by Gasteiger charge is -2.33. The van der Waals surface area contributed by atoms with E-state index in [4.69, 9.17) is 19.4 Å². The van der Waals surface area contributed by atoms with Crippen molar-refractivity contribution in [2.75, 3.05) is 6.54 Å². The van der Waals surface area contributed by atoms with Crippen molar-refractivity contribution in [2.45, 2.75) is 77.0 Å². The van der Waals surface area contributed by atoms with Crippen LogP contribution < -0.4 is 5.59 Å². The first kappa shape index (κ1) is 22.2. The monoisotopic (exact) mass is 482 g/mol. The van der Waals surface area contributed by atoms with Gasteiger partial charge in [-0.15, -0.1) is 11.3 Å². The van der Waals surface area contributed by atoms with Crippen LogP contribution in [-0.2, 0) is 15.7 Å². The van der Waals surface area contributed by atoms with Gasteiger partial charge in [0.1, 0.15) is 5.69 Å². The highest BCUT2D eigenvalue weighted by Gasteiger charge is 2.53. The summed E-state index contributed by atoms with van der Waals surface area (Å²) >= 11 is 1.18. The van der Waals surface area contributed by atoms with Crippen molar-refractivity contribution in [3.63, 3.8) is 0 Å². The quantitative estimate of drug-likeness (QED) is 0.531. The molecule has 0 unspecified atom stereocenters. The second-order valence-corrected chi connectivity index (χ2v) is 11.7. The summed E-state index contributed by atoms with van der Waals surface area (Å²) in [6.45, 7) is 10.6. The molecule has 1 saturated carbocycles. The Morgan fingerprint density at radius 1 is 1.18 bits per heavy atom. The minimum atomic E-state index is -0.591. The minimum absolute atomic E-state index is 0.132. The molecule has 0 bridgehead atoms. The van der Waals surface area contributed by atoms with Crippen molar-refractivity contribution < 1.29 is 18.5 Å². The number of rotatable bonds is 3. The van der Waals surface area contributed by atoms with E-state index in [0.29, 0.717) is 35.8 Å². The molecule has 3 aromatic rings. The smallest absolute Gasteiger partial charge is 0.398 e. The van der Waals surface area contributed by atoms with Crippen LogP contribution in [0, 0.1) is 5.13 Å². The van der Waals surface area contributed by atoms with Crippen LogP contribution >= 0.6 is 11.3 Å². The number of thiophene rings is 1. The van der Waals surface area contributed by atoms with E-state index in [0.717, 1.165) is 29.0 Å². The van der Waals surface area contributed by atoms with E-state index in [1.54, 1.807) is 11.0 Å². The molecule has 1 saturated heterocycles. The van der Waals surface area contributed by atoms with E-state index in [9.17, 15) is 9.18 Å². The van der Waals surface area contributed by atoms with E-state index in [-0.39, 0.29) is 17.1 Å². The molecule has 0 spiro atoms. The first-order valence-corrected chi connectivity index (χ1v) is 12.7. The summed E-state index contributed by atoms with van der Waals surface area (Å²) in [5.41, 5.74) is 2.63. The van der Waals surface area contributed by atoms with Crippen molar-refractivity contribution in [3.05, 3.63) is 45.2 Å². The van der Waals surface area contributed by atoms with Crippen LogP contribution in [0.15, 0.2) is 18.2 Å². The van der Waals surface area contributed by atoms with Gasteiger partial charge in [-0.2, -0.15) is 9.49 Å². The molecular weight excluding hydrogens is 454 g/mol. The number of carbonyl (C=O) groups excluding carboxylic acids is 1. The Kier molecular flexibility index (Phi) is 4.80. The molecule has 0 radical (unpaired) electrons. The second-order valence-electron chi connectivity index (χ2n) is 10.6. The summed E-state index contributed by atoms with van der Waals surface area (Å²) in [5, 5.41) is 4.59. The molecule has 5 heterocycles. The summed E-state index contributed by atoms with van der Waals surface area (Å²) in [4.78, 5) is 21.1. The first-order valence-electron chi connectivity index (χ1n) is 11.9. The van der Waals surface area contributed by atoms with Crippen LogP contribution in [0.4, 0.5) is 4.39 Å². The third-order valence-electron chi connectivity index (χ3n) is 7.75. The molecule has 2 fully saturated rings. The predicted octanol–water partition coefficient (Wildman–Crippen LogP) is 3.87. The summed E-state index contributed by atoms with van der Waals surface area (Å²) in [7, 11) is -0.591. The predicted molar refractivity (Wildman–Crippen MR) is 128 cm³/mol. The molecule has 10 heteroatoms. The van der Waals surface area contributed by atoms with Crippen LogP contribution in [0.1, 0.15) is 86.0 Å². The fourth-order valence-corrected chi connectivity index (χ4v) is 5.80. The Morgan fingerprint density at radius 2 is 1.88 bits per heavy atom. The molecule has 1 aliphatic carbocycles. The Balaban J connectivity index is 1.36. The molecule has 1 amide bonds. The number of hydrogen-bond donors (Lipinski definition) is 0. The molecule has 34 heavy (non-hydrogen) atoms. The van der Waals surface area contributed by atoms with Crippen molar-refractivity contribution in [1.82, 2.24) is 19.5 Å². The molecule has 2 aliphatic heterocycles. The highest BCUT2D eigenvalue weighted by molar-refractivity contribution is 7.10. The number of halogens is 1. The lowest BCUT2D eigenvalue weighted by Crippen LogP contribution is -2.41. The molecule has 0 aromatic carbocycles. The number of carbonyl (C=O) groups is 1. The molecule has 6 rings (SSSR count). The van der Waals surface area contributed by atoms with Crippen molar-refractivity contribution in [3.8, 4) is 0 Å². The number of hydrogen-bond acceptors (Lipinski definition) is 6. The lowest BCUT2D eigenvalue weighted by atomic mass is 9.85.